The van der Waals surface area contributed by atoms with E-state index in [1.165, 1.54) is 34.4 Å². The first-order valence-electron chi connectivity index (χ1n) is 18.3. The SMILES string of the molecule is CCC(C)[C@H]1NC(=O)[C@@H]2CSC(=N2)[C@H](CC(C)C)NC(=O)c2csc(n2)[C@H](C(C)C)NC(=O)[C@@H]2CCCN2C(=O)[C@H](C(C)C)NC(=O)c2csc1n2. The lowest BCUT2D eigenvalue weighted by molar-refractivity contribution is -0.141. The van der Waals surface area contributed by atoms with Crippen molar-refractivity contribution in [3.63, 3.8) is 0 Å². The summed E-state index contributed by atoms with van der Waals surface area (Å²) >= 11 is 4.06. The summed E-state index contributed by atoms with van der Waals surface area (Å²) in [4.78, 5) is 84.6. The van der Waals surface area contributed by atoms with Gasteiger partial charge in [0.25, 0.3) is 11.8 Å². The van der Waals surface area contributed by atoms with Gasteiger partial charge in [-0.2, -0.15) is 0 Å². The number of thiazole rings is 2. The van der Waals surface area contributed by atoms with Crippen LogP contribution in [0.25, 0.3) is 0 Å². The second kappa shape index (κ2) is 17.2. The van der Waals surface area contributed by atoms with Crippen LogP contribution in [0.2, 0.25) is 0 Å². The highest BCUT2D eigenvalue weighted by Crippen LogP contribution is 2.31. The molecule has 16 heteroatoms. The van der Waals surface area contributed by atoms with E-state index < -0.39 is 42.2 Å². The van der Waals surface area contributed by atoms with Gasteiger partial charge in [0.2, 0.25) is 17.7 Å². The number of carbonyl (C=O) groups is 5. The number of aliphatic imine (C=N–C) groups is 1. The number of nitrogens with zero attached hydrogens (tertiary/aromatic N) is 4. The lowest BCUT2D eigenvalue weighted by atomic mass is 9.99. The van der Waals surface area contributed by atoms with Crippen LogP contribution in [0.3, 0.4) is 0 Å². The molecule has 5 heterocycles. The van der Waals surface area contributed by atoms with Crippen molar-refractivity contribution in [1.29, 1.82) is 0 Å². The molecule has 284 valence electrons. The van der Waals surface area contributed by atoms with Crippen LogP contribution in [-0.2, 0) is 14.4 Å². The van der Waals surface area contributed by atoms with Crippen LogP contribution in [0.1, 0.15) is 124 Å². The van der Waals surface area contributed by atoms with E-state index in [0.29, 0.717) is 46.6 Å². The molecular formula is C36H52N8O5S3. The molecule has 13 nitrogen and oxygen atoms in total. The van der Waals surface area contributed by atoms with Crippen LogP contribution in [0, 0.1) is 23.7 Å². The summed E-state index contributed by atoms with van der Waals surface area (Å²) in [6.07, 6.45) is 2.52. The molecule has 2 aromatic rings. The van der Waals surface area contributed by atoms with Gasteiger partial charge in [-0.15, -0.1) is 34.4 Å². The standard InChI is InChI=1S/C36H52N8O5S3/c1-9-20(8)28-35-40-24(16-52-35)30(46)42-27(19(6)7)36(49)44-12-10-11-25(44)32(48)41-26(18(4)5)34-39-22(15-51-34)29(45)37-21(13-17(2)3)33-38-23(14-50-33)31(47)43-28/h15-21,23,25-28H,9-14H2,1-8H3,(H,37,45)(H,41,48)(H,42,46)(H,43,47)/t20?,21-,23-,25-,26-,27-,28+/m0/s1. The van der Waals surface area contributed by atoms with E-state index in [9.17, 15) is 24.0 Å². The van der Waals surface area contributed by atoms with Crippen molar-refractivity contribution < 1.29 is 24.0 Å². The van der Waals surface area contributed by atoms with E-state index in [1.807, 2.05) is 41.5 Å². The molecule has 0 radical (unpaired) electrons. The Morgan fingerprint density at radius 1 is 0.788 bits per heavy atom. The number of thioether (sulfide) groups is 1. The molecule has 0 aliphatic carbocycles. The first kappa shape index (κ1) is 39.8. The third-order valence-corrected chi connectivity index (χ3v) is 12.9. The molecule has 1 fully saturated rings. The summed E-state index contributed by atoms with van der Waals surface area (Å²) in [5.74, 6) is -1.33. The molecule has 3 aliphatic rings. The number of hydrogen-bond acceptors (Lipinski definition) is 11. The van der Waals surface area contributed by atoms with Crippen molar-refractivity contribution in [2.45, 2.75) is 117 Å². The minimum atomic E-state index is -0.881. The van der Waals surface area contributed by atoms with E-state index in [4.69, 9.17) is 4.99 Å². The molecule has 52 heavy (non-hydrogen) atoms. The fraction of sp³-hybridized carbons (Fsp3) is 0.667. The van der Waals surface area contributed by atoms with Crippen LogP contribution in [0.15, 0.2) is 15.8 Å². The molecule has 0 saturated carbocycles. The molecular weight excluding hydrogens is 721 g/mol. The number of amides is 5. The van der Waals surface area contributed by atoms with Crippen molar-refractivity contribution in [2.24, 2.45) is 28.7 Å². The molecule has 5 amide bonds. The highest BCUT2D eigenvalue weighted by molar-refractivity contribution is 8.14. The molecule has 0 aromatic carbocycles. The zero-order valence-electron chi connectivity index (χ0n) is 31.2. The second-order valence-corrected chi connectivity index (χ2v) is 17.9. The van der Waals surface area contributed by atoms with Gasteiger partial charge in [-0.3, -0.25) is 29.0 Å². The van der Waals surface area contributed by atoms with Gasteiger partial charge >= 0.3 is 0 Å². The highest BCUT2D eigenvalue weighted by Gasteiger charge is 2.40. The number of aromatic nitrogens is 2. The molecule has 3 aliphatic heterocycles. The van der Waals surface area contributed by atoms with E-state index >= 15 is 0 Å². The van der Waals surface area contributed by atoms with Gasteiger partial charge in [0, 0.05) is 23.1 Å². The van der Waals surface area contributed by atoms with Gasteiger partial charge in [-0.1, -0.05) is 61.8 Å². The summed E-state index contributed by atoms with van der Waals surface area (Å²) in [6, 6.07) is -3.59. The Balaban J connectivity index is 1.52. The fourth-order valence-corrected chi connectivity index (χ4v) is 9.73. The van der Waals surface area contributed by atoms with Crippen LogP contribution in [0.4, 0.5) is 0 Å². The lowest BCUT2D eigenvalue weighted by Crippen LogP contribution is -2.55. The van der Waals surface area contributed by atoms with Gasteiger partial charge in [0.15, 0.2) is 0 Å². The summed E-state index contributed by atoms with van der Waals surface area (Å²) in [5, 5.41) is 17.5. The monoisotopic (exact) mass is 772 g/mol. The van der Waals surface area contributed by atoms with Crippen molar-refractivity contribution in [3.05, 3.63) is 32.2 Å². The minimum absolute atomic E-state index is 0.0107. The smallest absolute Gasteiger partial charge is 0.271 e. The normalized spacial score (nSPS) is 27.2. The van der Waals surface area contributed by atoms with Crippen molar-refractivity contribution in [2.75, 3.05) is 12.3 Å². The van der Waals surface area contributed by atoms with Crippen LogP contribution in [0.5, 0.6) is 0 Å². The van der Waals surface area contributed by atoms with Crippen LogP contribution >= 0.6 is 34.4 Å². The molecule has 1 unspecified atom stereocenters. The van der Waals surface area contributed by atoms with Crippen molar-refractivity contribution >= 4 is 69.0 Å². The van der Waals surface area contributed by atoms with Gasteiger partial charge in [-0.05, 0) is 42.9 Å². The van der Waals surface area contributed by atoms with E-state index in [0.717, 1.165) is 6.42 Å². The van der Waals surface area contributed by atoms with E-state index in [2.05, 4.69) is 45.1 Å². The van der Waals surface area contributed by atoms with Crippen molar-refractivity contribution in [1.82, 2.24) is 36.1 Å². The third kappa shape index (κ3) is 9.04. The van der Waals surface area contributed by atoms with Crippen LogP contribution in [-0.4, -0.2) is 85.9 Å². The van der Waals surface area contributed by atoms with E-state index in [-0.39, 0.29) is 58.7 Å². The topological polar surface area (TPSA) is 175 Å². The third-order valence-electron chi connectivity index (χ3n) is 9.86. The Labute approximate surface area is 318 Å². The first-order chi connectivity index (χ1) is 24.7. The minimum Gasteiger partial charge on any atom is -0.345 e. The number of nitrogens with one attached hydrogen (secondary N) is 4. The van der Waals surface area contributed by atoms with Gasteiger partial charge in [-0.25, -0.2) is 9.97 Å². The average Bonchev–Trinajstić information content (AvgIpc) is 3.93. The molecule has 7 atom stereocenters. The Bertz CT molecular complexity index is 1670. The molecule has 5 rings (SSSR count). The number of hydrogen-bond donors (Lipinski definition) is 4. The molecule has 2 aromatic heterocycles. The second-order valence-electron chi connectivity index (χ2n) is 15.1. The van der Waals surface area contributed by atoms with Crippen LogP contribution < -0.4 is 21.3 Å². The largest absolute Gasteiger partial charge is 0.345 e. The summed E-state index contributed by atoms with van der Waals surface area (Å²) in [6.45, 7) is 16.2. The maximum absolute atomic E-state index is 14.1. The molecule has 6 bridgehead atoms. The summed E-state index contributed by atoms with van der Waals surface area (Å²) < 4.78 is 0. The first-order valence-corrected chi connectivity index (χ1v) is 21.1. The lowest BCUT2D eigenvalue weighted by Gasteiger charge is -2.31. The number of fused-ring (bicyclic) bond motifs is 6. The molecule has 4 N–H and O–H groups in total. The zero-order valence-corrected chi connectivity index (χ0v) is 33.7. The predicted octanol–water partition coefficient (Wildman–Crippen LogP) is 4.73. The Kier molecular flexibility index (Phi) is 13.2. The Morgan fingerprint density at radius 3 is 1.98 bits per heavy atom. The zero-order chi connectivity index (χ0) is 37.9. The Morgan fingerprint density at radius 2 is 1.38 bits per heavy atom. The van der Waals surface area contributed by atoms with Gasteiger partial charge in [0.05, 0.1) is 23.2 Å². The maximum Gasteiger partial charge on any atom is 0.271 e. The highest BCUT2D eigenvalue weighted by atomic mass is 32.2. The quantitative estimate of drug-likeness (QED) is 0.326. The predicted molar refractivity (Wildman–Crippen MR) is 206 cm³/mol. The maximum atomic E-state index is 14.1. The van der Waals surface area contributed by atoms with Crippen molar-refractivity contribution in [3.8, 4) is 0 Å². The van der Waals surface area contributed by atoms with E-state index in [1.54, 1.807) is 15.7 Å². The number of rotatable bonds is 6. The number of carbonyl (C=O) groups excluding carboxylic acids is 5. The Hall–Kier alpha value is -3.37. The van der Waals surface area contributed by atoms with Gasteiger partial charge in [0.1, 0.15) is 39.5 Å². The van der Waals surface area contributed by atoms with Gasteiger partial charge < -0.3 is 26.2 Å². The summed E-state index contributed by atoms with van der Waals surface area (Å²) in [5.41, 5.74) is 0.408. The molecule has 0 spiro atoms. The summed E-state index contributed by atoms with van der Waals surface area (Å²) in [7, 11) is 0. The fourth-order valence-electron chi connectivity index (χ4n) is 6.62. The molecule has 1 saturated heterocycles. The average molecular weight is 773 g/mol.